The third-order valence-corrected chi connectivity index (χ3v) is 3.07. The molecule has 1 aliphatic heterocycles. The van der Waals surface area contributed by atoms with Crippen LogP contribution in [0.1, 0.15) is 11.1 Å². The Morgan fingerprint density at radius 1 is 1.33 bits per heavy atom. The molecule has 1 N–H and O–H groups in total. The summed E-state index contributed by atoms with van der Waals surface area (Å²) < 4.78 is 5.36. The Labute approximate surface area is 118 Å². The van der Waals surface area contributed by atoms with Crippen LogP contribution in [0.3, 0.4) is 0 Å². The molecular formula is C14H11N3O4. The molecule has 2 heterocycles. The molecule has 0 aliphatic carbocycles. The Kier molecular flexibility index (Phi) is 3.02. The first kappa shape index (κ1) is 13.0. The average molecular weight is 285 g/mol. The summed E-state index contributed by atoms with van der Waals surface area (Å²) in [5.41, 5.74) is 1.39. The van der Waals surface area contributed by atoms with Crippen molar-refractivity contribution in [2.24, 2.45) is 5.10 Å². The molecule has 3 amide bonds. The largest absolute Gasteiger partial charge is 0.463 e. The standard InChI is InChI=1S/C14H11N3O4/c1-8-2-3-11-10(4-8)13(19)9(7-21-11)5-15-17-6-12(18)16-14(17)20/h2-5,7H,6H2,1H3,(H,16,18,20)/b15-5-. The second-order valence-corrected chi connectivity index (χ2v) is 4.68. The minimum Gasteiger partial charge on any atom is -0.463 e. The number of carbonyl (C=O) groups excluding carboxylic acids is 2. The number of urea groups is 1. The van der Waals surface area contributed by atoms with E-state index in [0.717, 1.165) is 10.6 Å². The lowest BCUT2D eigenvalue weighted by molar-refractivity contribution is -0.118. The van der Waals surface area contributed by atoms with Crippen molar-refractivity contribution < 1.29 is 14.0 Å². The topological polar surface area (TPSA) is 92.0 Å². The second-order valence-electron chi connectivity index (χ2n) is 4.68. The van der Waals surface area contributed by atoms with Gasteiger partial charge in [-0.05, 0) is 19.1 Å². The predicted octanol–water partition coefficient (Wildman–Crippen LogP) is 0.987. The number of hydrazone groups is 1. The lowest BCUT2D eigenvalue weighted by Crippen LogP contribution is -2.24. The van der Waals surface area contributed by atoms with Gasteiger partial charge in [0.15, 0.2) is 0 Å². The smallest absolute Gasteiger partial charge is 0.344 e. The molecule has 0 bridgehead atoms. The van der Waals surface area contributed by atoms with Crippen molar-refractivity contribution in [2.45, 2.75) is 6.92 Å². The van der Waals surface area contributed by atoms with E-state index in [4.69, 9.17) is 4.42 Å². The summed E-state index contributed by atoms with van der Waals surface area (Å²) in [6, 6.07) is 4.68. The number of amides is 3. The van der Waals surface area contributed by atoms with Crippen molar-refractivity contribution in [3.8, 4) is 0 Å². The van der Waals surface area contributed by atoms with Crippen LogP contribution in [0.15, 0.2) is 38.8 Å². The van der Waals surface area contributed by atoms with Gasteiger partial charge >= 0.3 is 6.03 Å². The summed E-state index contributed by atoms with van der Waals surface area (Å²) in [6.07, 6.45) is 2.49. The zero-order valence-corrected chi connectivity index (χ0v) is 11.1. The van der Waals surface area contributed by atoms with E-state index in [1.165, 1.54) is 12.5 Å². The summed E-state index contributed by atoms with van der Waals surface area (Å²) in [5.74, 6) is -0.432. The molecule has 0 atom stereocenters. The molecule has 0 saturated carbocycles. The van der Waals surface area contributed by atoms with Crippen molar-refractivity contribution in [2.75, 3.05) is 6.54 Å². The molecule has 3 rings (SSSR count). The summed E-state index contributed by atoms with van der Waals surface area (Å²) in [7, 11) is 0. The fourth-order valence-electron chi connectivity index (χ4n) is 2.01. The van der Waals surface area contributed by atoms with Gasteiger partial charge in [-0.3, -0.25) is 14.9 Å². The molecule has 1 aromatic carbocycles. The van der Waals surface area contributed by atoms with Gasteiger partial charge < -0.3 is 4.42 Å². The van der Waals surface area contributed by atoms with Crippen molar-refractivity contribution in [3.05, 3.63) is 45.8 Å². The van der Waals surface area contributed by atoms with Gasteiger partial charge in [-0.1, -0.05) is 11.6 Å². The number of aryl methyl sites for hydroxylation is 1. The number of fused-ring (bicyclic) bond motifs is 1. The van der Waals surface area contributed by atoms with E-state index < -0.39 is 11.9 Å². The monoisotopic (exact) mass is 285 g/mol. The zero-order chi connectivity index (χ0) is 15.0. The van der Waals surface area contributed by atoms with Gasteiger partial charge in [0.1, 0.15) is 18.4 Å². The summed E-state index contributed by atoms with van der Waals surface area (Å²) >= 11 is 0. The fraction of sp³-hybridized carbons (Fsp3) is 0.143. The molecule has 1 fully saturated rings. The van der Waals surface area contributed by atoms with E-state index in [2.05, 4.69) is 10.4 Å². The lowest BCUT2D eigenvalue weighted by Gasteiger charge is -2.04. The first-order valence-corrected chi connectivity index (χ1v) is 6.22. The number of imide groups is 1. The van der Waals surface area contributed by atoms with Crippen molar-refractivity contribution >= 4 is 29.1 Å². The molecule has 0 unspecified atom stereocenters. The highest BCUT2D eigenvalue weighted by molar-refractivity contribution is 6.02. The van der Waals surface area contributed by atoms with Gasteiger partial charge in [0, 0.05) is 0 Å². The Morgan fingerprint density at radius 3 is 2.86 bits per heavy atom. The average Bonchev–Trinajstić information content (AvgIpc) is 2.77. The minimum atomic E-state index is -0.614. The van der Waals surface area contributed by atoms with Gasteiger partial charge in [0.05, 0.1) is 17.2 Å². The number of hydrogen-bond donors (Lipinski definition) is 1. The fourth-order valence-corrected chi connectivity index (χ4v) is 2.01. The quantitative estimate of drug-likeness (QED) is 0.657. The maximum absolute atomic E-state index is 12.3. The lowest BCUT2D eigenvalue weighted by atomic mass is 10.1. The van der Waals surface area contributed by atoms with E-state index in [9.17, 15) is 14.4 Å². The van der Waals surface area contributed by atoms with Crippen LogP contribution in [0.25, 0.3) is 11.0 Å². The molecule has 0 spiro atoms. The molecule has 1 aromatic heterocycles. The number of nitrogens with one attached hydrogen (secondary N) is 1. The minimum absolute atomic E-state index is 0.159. The third kappa shape index (κ3) is 2.40. The number of rotatable bonds is 2. The van der Waals surface area contributed by atoms with Crippen LogP contribution < -0.4 is 10.7 Å². The Morgan fingerprint density at radius 2 is 2.14 bits per heavy atom. The highest BCUT2D eigenvalue weighted by Crippen LogP contribution is 2.12. The molecule has 2 aromatic rings. The normalized spacial score (nSPS) is 15.2. The molecule has 0 radical (unpaired) electrons. The van der Waals surface area contributed by atoms with Crippen LogP contribution in [0.4, 0.5) is 4.79 Å². The number of nitrogens with zero attached hydrogens (tertiary/aromatic N) is 2. The maximum atomic E-state index is 12.3. The van der Waals surface area contributed by atoms with Crippen LogP contribution in [0.5, 0.6) is 0 Å². The summed E-state index contributed by atoms with van der Waals surface area (Å²) in [6.45, 7) is 1.72. The highest BCUT2D eigenvalue weighted by atomic mass is 16.3. The van der Waals surface area contributed by atoms with Crippen molar-refractivity contribution in [1.29, 1.82) is 0 Å². The Hall–Kier alpha value is -2.96. The van der Waals surface area contributed by atoms with Gasteiger partial charge in [-0.2, -0.15) is 5.10 Å². The SMILES string of the molecule is Cc1ccc2occ(/C=N\N3CC(=O)NC3=O)c(=O)c2c1. The summed E-state index contributed by atoms with van der Waals surface area (Å²) in [4.78, 5) is 34.6. The number of benzene rings is 1. The highest BCUT2D eigenvalue weighted by Gasteiger charge is 2.26. The van der Waals surface area contributed by atoms with E-state index in [1.807, 2.05) is 13.0 Å². The molecule has 21 heavy (non-hydrogen) atoms. The van der Waals surface area contributed by atoms with Crippen LogP contribution in [0.2, 0.25) is 0 Å². The van der Waals surface area contributed by atoms with Crippen LogP contribution in [-0.2, 0) is 4.79 Å². The van der Waals surface area contributed by atoms with Crippen LogP contribution in [0, 0.1) is 6.92 Å². The summed E-state index contributed by atoms with van der Waals surface area (Å²) in [5, 5.41) is 7.31. The van der Waals surface area contributed by atoms with Crippen molar-refractivity contribution in [1.82, 2.24) is 10.3 Å². The van der Waals surface area contributed by atoms with Crippen molar-refractivity contribution in [3.63, 3.8) is 0 Å². The maximum Gasteiger partial charge on any atom is 0.344 e. The Bertz CT molecular complexity index is 838. The van der Waals surface area contributed by atoms with Gasteiger partial charge in [-0.25, -0.2) is 9.80 Å². The van der Waals surface area contributed by atoms with Gasteiger partial charge in [0.2, 0.25) is 11.3 Å². The molecule has 1 aliphatic rings. The van der Waals surface area contributed by atoms with Crippen LogP contribution >= 0.6 is 0 Å². The molecule has 7 nitrogen and oxygen atoms in total. The molecule has 106 valence electrons. The number of carbonyl (C=O) groups is 2. The first-order chi connectivity index (χ1) is 10.0. The first-order valence-electron chi connectivity index (χ1n) is 6.22. The molecular weight excluding hydrogens is 274 g/mol. The predicted molar refractivity (Wildman–Crippen MR) is 75.1 cm³/mol. The van der Waals surface area contributed by atoms with E-state index in [-0.39, 0.29) is 17.5 Å². The van der Waals surface area contributed by atoms with Gasteiger partial charge in [-0.15, -0.1) is 0 Å². The molecule has 7 heteroatoms. The Balaban J connectivity index is 1.98. The van der Waals surface area contributed by atoms with E-state index >= 15 is 0 Å². The third-order valence-electron chi connectivity index (χ3n) is 3.07. The van der Waals surface area contributed by atoms with Gasteiger partial charge in [0.25, 0.3) is 0 Å². The van der Waals surface area contributed by atoms with E-state index in [0.29, 0.717) is 11.0 Å². The van der Waals surface area contributed by atoms with Crippen LogP contribution in [-0.4, -0.2) is 29.7 Å². The second kappa shape index (κ2) is 4.86. The van der Waals surface area contributed by atoms with E-state index in [1.54, 1.807) is 12.1 Å². The zero-order valence-electron chi connectivity index (χ0n) is 11.1. The molecule has 1 saturated heterocycles. The number of hydrogen-bond acceptors (Lipinski definition) is 5.